The molecular formula is C19H20N2O4. The van der Waals surface area contributed by atoms with Gasteiger partial charge in [-0.3, -0.25) is 14.9 Å². The van der Waals surface area contributed by atoms with Crippen molar-refractivity contribution in [3.05, 3.63) is 75.8 Å². The van der Waals surface area contributed by atoms with Gasteiger partial charge in [-0.15, -0.1) is 0 Å². The van der Waals surface area contributed by atoms with Crippen LogP contribution in [-0.2, 0) is 4.79 Å². The molecule has 0 aromatic heterocycles. The zero-order valence-electron chi connectivity index (χ0n) is 14.1. The molecule has 1 amide bonds. The van der Waals surface area contributed by atoms with E-state index in [1.807, 2.05) is 31.2 Å². The number of benzene rings is 2. The monoisotopic (exact) mass is 340 g/mol. The maximum Gasteiger partial charge on any atom is 0.269 e. The Morgan fingerprint density at radius 3 is 2.36 bits per heavy atom. The number of nitrogens with one attached hydrogen (secondary N) is 1. The van der Waals surface area contributed by atoms with Crippen LogP contribution in [0.2, 0.25) is 0 Å². The fourth-order valence-corrected chi connectivity index (χ4v) is 2.36. The summed E-state index contributed by atoms with van der Waals surface area (Å²) >= 11 is 0. The molecule has 1 atom stereocenters. The first-order valence-electron chi connectivity index (χ1n) is 7.90. The van der Waals surface area contributed by atoms with E-state index in [9.17, 15) is 14.9 Å². The van der Waals surface area contributed by atoms with Gasteiger partial charge in [-0.25, -0.2) is 0 Å². The van der Waals surface area contributed by atoms with Gasteiger partial charge < -0.3 is 10.1 Å². The lowest BCUT2D eigenvalue weighted by Crippen LogP contribution is -2.26. The summed E-state index contributed by atoms with van der Waals surface area (Å²) in [5.41, 5.74) is 1.74. The van der Waals surface area contributed by atoms with Gasteiger partial charge in [0.15, 0.2) is 0 Å². The number of non-ortho nitro benzene ring substituents is 1. The zero-order chi connectivity index (χ0) is 18.2. The van der Waals surface area contributed by atoms with Crippen LogP contribution < -0.4 is 10.1 Å². The Morgan fingerprint density at radius 2 is 1.84 bits per heavy atom. The maximum absolute atomic E-state index is 12.1. The van der Waals surface area contributed by atoms with Crippen molar-refractivity contribution >= 4 is 17.7 Å². The van der Waals surface area contributed by atoms with Crippen LogP contribution in [0.1, 0.15) is 30.5 Å². The third kappa shape index (κ3) is 5.17. The summed E-state index contributed by atoms with van der Waals surface area (Å²) in [5.74, 6) is 0.545. The number of hydrogen-bond donors (Lipinski definition) is 1. The van der Waals surface area contributed by atoms with Crippen molar-refractivity contribution in [3.63, 3.8) is 0 Å². The number of rotatable bonds is 7. The molecule has 130 valence electrons. The maximum atomic E-state index is 12.1. The van der Waals surface area contributed by atoms with Crippen molar-refractivity contribution in [2.75, 3.05) is 7.11 Å². The average Bonchev–Trinajstić information content (AvgIpc) is 2.65. The third-order valence-corrected chi connectivity index (χ3v) is 3.77. The van der Waals surface area contributed by atoms with E-state index >= 15 is 0 Å². The molecule has 0 heterocycles. The van der Waals surface area contributed by atoms with Crippen molar-refractivity contribution in [2.24, 2.45) is 0 Å². The summed E-state index contributed by atoms with van der Waals surface area (Å²) in [5, 5.41) is 13.6. The number of ether oxygens (including phenoxy) is 1. The van der Waals surface area contributed by atoms with Gasteiger partial charge >= 0.3 is 0 Å². The van der Waals surface area contributed by atoms with Gasteiger partial charge in [0.2, 0.25) is 5.91 Å². The normalized spacial score (nSPS) is 11.9. The smallest absolute Gasteiger partial charge is 0.269 e. The first-order chi connectivity index (χ1) is 12.0. The molecule has 1 N–H and O–H groups in total. The molecule has 6 heteroatoms. The third-order valence-electron chi connectivity index (χ3n) is 3.77. The number of nitro groups is 1. The van der Waals surface area contributed by atoms with Crippen molar-refractivity contribution in [2.45, 2.75) is 19.4 Å². The van der Waals surface area contributed by atoms with E-state index in [-0.39, 0.29) is 17.6 Å². The van der Waals surface area contributed by atoms with Crippen LogP contribution in [0.15, 0.2) is 54.6 Å². The molecule has 2 aromatic rings. The second kappa shape index (κ2) is 8.63. The molecule has 0 aliphatic heterocycles. The average molecular weight is 340 g/mol. The summed E-state index contributed by atoms with van der Waals surface area (Å²) in [6.45, 7) is 2.00. The lowest BCUT2D eigenvalue weighted by Gasteiger charge is -2.16. The van der Waals surface area contributed by atoms with E-state index in [0.29, 0.717) is 0 Å². The Bertz CT molecular complexity index is 752. The van der Waals surface area contributed by atoms with Gasteiger partial charge in [-0.1, -0.05) is 19.1 Å². The number of nitrogens with zero attached hydrogens (tertiary/aromatic N) is 1. The summed E-state index contributed by atoms with van der Waals surface area (Å²) in [7, 11) is 1.61. The van der Waals surface area contributed by atoms with Gasteiger partial charge in [-0.2, -0.15) is 0 Å². The van der Waals surface area contributed by atoms with E-state index in [1.165, 1.54) is 18.2 Å². The van der Waals surface area contributed by atoms with Crippen LogP contribution >= 0.6 is 0 Å². The highest BCUT2D eigenvalue weighted by Gasteiger charge is 2.11. The minimum Gasteiger partial charge on any atom is -0.497 e. The number of methoxy groups -OCH3 is 1. The van der Waals surface area contributed by atoms with Gasteiger partial charge in [0.1, 0.15) is 5.75 Å². The van der Waals surface area contributed by atoms with E-state index in [0.717, 1.165) is 23.3 Å². The predicted molar refractivity (Wildman–Crippen MR) is 96.3 cm³/mol. The predicted octanol–water partition coefficient (Wildman–Crippen LogP) is 3.88. The highest BCUT2D eigenvalue weighted by atomic mass is 16.6. The standard InChI is InChI=1S/C19H20N2O4/c1-3-18(15-7-11-17(25-2)12-8-15)20-19(22)13-6-14-4-9-16(10-5-14)21(23)24/h4-13,18H,3H2,1-2H3,(H,20,22)/b13-6+/t18-/m0/s1. The van der Waals surface area contributed by atoms with Crippen molar-refractivity contribution < 1.29 is 14.5 Å². The van der Waals surface area contributed by atoms with Crippen molar-refractivity contribution in [3.8, 4) is 5.75 Å². The summed E-state index contributed by atoms with van der Waals surface area (Å²) in [6.07, 6.45) is 3.80. The Labute approximate surface area is 146 Å². The number of amides is 1. The SMILES string of the molecule is CC[C@H](NC(=O)/C=C/c1ccc([N+](=O)[O-])cc1)c1ccc(OC)cc1. The van der Waals surface area contributed by atoms with Crippen molar-refractivity contribution in [1.29, 1.82) is 0 Å². The Kier molecular flexibility index (Phi) is 6.28. The first kappa shape index (κ1) is 18.2. The van der Waals surface area contributed by atoms with Gasteiger partial charge in [-0.05, 0) is 47.9 Å². The van der Waals surface area contributed by atoms with Gasteiger partial charge in [0.25, 0.3) is 5.69 Å². The second-order valence-corrected chi connectivity index (χ2v) is 5.42. The topological polar surface area (TPSA) is 81.5 Å². The number of nitro benzene ring substituents is 1. The fourth-order valence-electron chi connectivity index (χ4n) is 2.36. The van der Waals surface area contributed by atoms with Gasteiger partial charge in [0.05, 0.1) is 18.1 Å². The molecule has 6 nitrogen and oxygen atoms in total. The van der Waals surface area contributed by atoms with E-state index < -0.39 is 4.92 Å². The van der Waals surface area contributed by atoms with Crippen LogP contribution in [0, 0.1) is 10.1 Å². The van der Waals surface area contributed by atoms with E-state index in [1.54, 1.807) is 25.3 Å². The Morgan fingerprint density at radius 1 is 1.20 bits per heavy atom. The fraction of sp³-hybridized carbons (Fsp3) is 0.211. The Hall–Kier alpha value is -3.15. The molecule has 0 saturated carbocycles. The Balaban J connectivity index is 2.00. The molecule has 2 rings (SSSR count). The second-order valence-electron chi connectivity index (χ2n) is 5.42. The van der Waals surface area contributed by atoms with Crippen LogP contribution in [0.4, 0.5) is 5.69 Å². The zero-order valence-corrected chi connectivity index (χ0v) is 14.1. The highest BCUT2D eigenvalue weighted by Crippen LogP contribution is 2.20. The lowest BCUT2D eigenvalue weighted by molar-refractivity contribution is -0.384. The molecular weight excluding hydrogens is 320 g/mol. The summed E-state index contributed by atoms with van der Waals surface area (Å²) in [4.78, 5) is 22.3. The number of carbonyl (C=O) groups is 1. The van der Waals surface area contributed by atoms with Gasteiger partial charge in [0, 0.05) is 18.2 Å². The van der Waals surface area contributed by atoms with E-state index in [4.69, 9.17) is 4.74 Å². The number of hydrogen-bond acceptors (Lipinski definition) is 4. The molecule has 0 spiro atoms. The molecule has 25 heavy (non-hydrogen) atoms. The van der Waals surface area contributed by atoms with Crippen LogP contribution in [-0.4, -0.2) is 17.9 Å². The molecule has 0 bridgehead atoms. The molecule has 0 unspecified atom stereocenters. The van der Waals surface area contributed by atoms with Crippen LogP contribution in [0.25, 0.3) is 6.08 Å². The van der Waals surface area contributed by atoms with Crippen LogP contribution in [0.3, 0.4) is 0 Å². The molecule has 0 saturated heterocycles. The molecule has 0 radical (unpaired) electrons. The van der Waals surface area contributed by atoms with Crippen LogP contribution in [0.5, 0.6) is 5.75 Å². The quantitative estimate of drug-likeness (QED) is 0.471. The minimum absolute atomic E-state index is 0.0205. The minimum atomic E-state index is -0.457. The molecule has 0 fully saturated rings. The lowest BCUT2D eigenvalue weighted by atomic mass is 10.0. The molecule has 0 aliphatic carbocycles. The first-order valence-corrected chi connectivity index (χ1v) is 7.90. The van der Waals surface area contributed by atoms with E-state index in [2.05, 4.69) is 5.32 Å². The number of carbonyl (C=O) groups excluding carboxylic acids is 1. The largest absolute Gasteiger partial charge is 0.497 e. The highest BCUT2D eigenvalue weighted by molar-refractivity contribution is 5.92. The molecule has 2 aromatic carbocycles. The van der Waals surface area contributed by atoms with Crippen molar-refractivity contribution in [1.82, 2.24) is 5.32 Å². The molecule has 0 aliphatic rings. The summed E-state index contributed by atoms with van der Waals surface area (Å²) < 4.78 is 5.13. The summed E-state index contributed by atoms with van der Waals surface area (Å²) in [6, 6.07) is 13.5.